The number of benzene rings is 2. The lowest BCUT2D eigenvalue weighted by molar-refractivity contribution is -0.304. The van der Waals surface area contributed by atoms with Crippen molar-refractivity contribution in [1.82, 2.24) is 29.8 Å². The van der Waals surface area contributed by atoms with Crippen molar-refractivity contribution >= 4 is 22.7 Å². The van der Waals surface area contributed by atoms with Crippen molar-refractivity contribution in [3.8, 4) is 5.69 Å². The van der Waals surface area contributed by atoms with Gasteiger partial charge in [0.05, 0.1) is 72.8 Å². The summed E-state index contributed by atoms with van der Waals surface area (Å²) in [6.45, 7) is 12.4. The number of likely N-dealkylation sites (N-methyl/N-ethyl adjacent to an activating group) is 1. The summed E-state index contributed by atoms with van der Waals surface area (Å²) < 4.78 is 20.7. The number of aliphatic hydroxyl groups is 4. The van der Waals surface area contributed by atoms with Gasteiger partial charge in [0.25, 0.3) is 0 Å². The number of rotatable bonds is 14. The Balaban J connectivity index is 1.37. The van der Waals surface area contributed by atoms with Crippen LogP contribution in [0.2, 0.25) is 0 Å². The minimum atomic E-state index is -1.28. The van der Waals surface area contributed by atoms with Gasteiger partial charge in [0.2, 0.25) is 0 Å². The van der Waals surface area contributed by atoms with Gasteiger partial charge in [-0.2, -0.15) is 0 Å². The number of fused-ring (bicyclic) bond motifs is 1. The van der Waals surface area contributed by atoms with Crippen molar-refractivity contribution in [2.75, 3.05) is 27.2 Å². The topological polar surface area (TPSA) is 193 Å². The molecule has 1 fully saturated rings. The molecule has 4 heterocycles. The van der Waals surface area contributed by atoms with E-state index in [1.807, 2.05) is 63.4 Å². The van der Waals surface area contributed by atoms with Crippen LogP contribution < -0.4 is 0 Å². The molecular formula is C52H72N6O9. The first-order chi connectivity index (χ1) is 32.1. The molecule has 0 spiro atoms. The van der Waals surface area contributed by atoms with E-state index < -0.39 is 78.6 Å². The molecule has 12 atom stereocenters. The van der Waals surface area contributed by atoms with E-state index in [-0.39, 0.29) is 18.8 Å². The molecule has 0 bridgehead atoms. The summed E-state index contributed by atoms with van der Waals surface area (Å²) in [6, 6.07) is 17.7. The first-order valence-corrected chi connectivity index (χ1v) is 23.9. The van der Waals surface area contributed by atoms with Crippen molar-refractivity contribution in [2.45, 2.75) is 136 Å². The van der Waals surface area contributed by atoms with E-state index in [9.17, 15) is 30.0 Å². The predicted molar refractivity (Wildman–Crippen MR) is 256 cm³/mol. The zero-order valence-corrected chi connectivity index (χ0v) is 40.4. The maximum Gasteiger partial charge on any atom is 0.308 e. The SMILES string of the molecule is CCc1ccc(CN(CC[C@H]2C[C@@H](C)C(=O)/C=C/C(C)=C/[C@H](CO)[C@@H](CC)OC(=O)C[C@@H](O)[C@H](C)[C@H]2O[C@@H]2O[C@H](C)[C@@H](O)[C@H](N(C)C)[C@H]2O)Cc2cn(-c3cnc4ccccc4c3)nn2)cc1. The lowest BCUT2D eigenvalue weighted by Gasteiger charge is -2.46. The van der Waals surface area contributed by atoms with Crippen molar-refractivity contribution in [3.63, 3.8) is 0 Å². The molecular weight excluding hydrogens is 853 g/mol. The standard InChI is InChI=1S/C52H72N6O9/c1-9-36-16-18-37(19-17-36)28-57(29-41-30-58(55-54-41)42-25-38-13-11-12-14-43(38)53-27-42)22-21-39-24-33(4)44(60)20-15-32(3)23-40(31-59)46(10-2)66-47(62)26-45(61)34(5)51(39)67-52-50(64)48(56(7)8)49(63)35(6)65-52/h11-20,23,25,27,30,33-35,39-40,45-46,48-52,59,61,63-64H,9-10,21-22,24,26,28-29,31H2,1-8H3/b20-15+,32-23+/t33-,34+,35-,39+,40-,45-,46-,48+,49-,50-,51-,52+/m1/s1. The first kappa shape index (κ1) is 51.7. The molecule has 2 aromatic carbocycles. The third-order valence-electron chi connectivity index (χ3n) is 13.6. The highest BCUT2D eigenvalue weighted by atomic mass is 16.7. The summed E-state index contributed by atoms with van der Waals surface area (Å²) in [5.74, 6) is -2.92. The van der Waals surface area contributed by atoms with Crippen molar-refractivity contribution < 1.29 is 44.2 Å². The number of aromatic nitrogens is 4. The van der Waals surface area contributed by atoms with Crippen LogP contribution in [0.4, 0.5) is 0 Å². The Labute approximate surface area is 395 Å². The number of pyridine rings is 1. The summed E-state index contributed by atoms with van der Waals surface area (Å²) in [7, 11) is 3.53. The molecule has 0 amide bonds. The smallest absolute Gasteiger partial charge is 0.308 e. The van der Waals surface area contributed by atoms with Gasteiger partial charge in [0.1, 0.15) is 12.2 Å². The number of esters is 1. The molecule has 1 saturated heterocycles. The molecule has 4 aromatic rings. The number of ether oxygens (including phenoxy) is 3. The maximum atomic E-state index is 14.0. The number of aryl methyl sites for hydroxylation is 1. The number of allylic oxidation sites excluding steroid dienone is 3. The molecule has 0 saturated carbocycles. The normalized spacial score (nSPS) is 30.6. The lowest BCUT2D eigenvalue weighted by Crippen LogP contribution is -2.63. The lowest BCUT2D eigenvalue weighted by atomic mass is 9.79. The Bertz CT molecular complexity index is 2280. The second-order valence-electron chi connectivity index (χ2n) is 18.9. The van der Waals surface area contributed by atoms with Gasteiger partial charge in [-0.15, -0.1) is 5.10 Å². The Kier molecular flexibility index (Phi) is 18.5. The highest BCUT2D eigenvalue weighted by Gasteiger charge is 2.47. The summed E-state index contributed by atoms with van der Waals surface area (Å²) in [4.78, 5) is 36.3. The second kappa shape index (κ2) is 24.0. The van der Waals surface area contributed by atoms with Crippen LogP contribution in [0.3, 0.4) is 0 Å². The van der Waals surface area contributed by atoms with Crippen LogP contribution in [0.1, 0.15) is 84.0 Å². The first-order valence-electron chi connectivity index (χ1n) is 23.9. The number of nitrogens with zero attached hydrogens (tertiary/aromatic N) is 6. The van der Waals surface area contributed by atoms with Gasteiger partial charge in [-0.25, -0.2) is 4.68 Å². The van der Waals surface area contributed by atoms with Gasteiger partial charge in [0, 0.05) is 36.2 Å². The number of carbonyl (C=O) groups is 2. The molecule has 2 aliphatic heterocycles. The molecule has 2 aliphatic rings. The fourth-order valence-electron chi connectivity index (χ4n) is 9.47. The number of cyclic esters (lactones) is 1. The van der Waals surface area contributed by atoms with Gasteiger partial charge in [0.15, 0.2) is 12.1 Å². The van der Waals surface area contributed by atoms with E-state index in [1.165, 1.54) is 5.56 Å². The van der Waals surface area contributed by atoms with Gasteiger partial charge in [-0.05, 0) is 95.4 Å². The number of carbonyl (C=O) groups excluding carboxylic acids is 2. The van der Waals surface area contributed by atoms with E-state index in [0.717, 1.165) is 39.8 Å². The van der Waals surface area contributed by atoms with Gasteiger partial charge in [-0.1, -0.05) is 93.1 Å². The molecule has 15 heteroatoms. The highest BCUT2D eigenvalue weighted by molar-refractivity contribution is 5.91. The zero-order chi connectivity index (χ0) is 48.4. The van der Waals surface area contributed by atoms with E-state index >= 15 is 0 Å². The number of hydrogen-bond acceptors (Lipinski definition) is 14. The van der Waals surface area contributed by atoms with Crippen LogP contribution >= 0.6 is 0 Å². The monoisotopic (exact) mass is 925 g/mol. The van der Waals surface area contributed by atoms with Gasteiger partial charge < -0.3 is 39.5 Å². The fourth-order valence-corrected chi connectivity index (χ4v) is 9.47. The molecule has 0 unspecified atom stereocenters. The second-order valence-corrected chi connectivity index (χ2v) is 18.9. The molecule has 4 N–H and O–H groups in total. The van der Waals surface area contributed by atoms with Crippen molar-refractivity contribution in [3.05, 3.63) is 108 Å². The average Bonchev–Trinajstić information content (AvgIpc) is 3.79. The summed E-state index contributed by atoms with van der Waals surface area (Å²) in [5.41, 5.74) is 5.46. The molecule has 6 rings (SSSR count). The molecule has 15 nitrogen and oxygen atoms in total. The van der Waals surface area contributed by atoms with Crippen LogP contribution in [0.25, 0.3) is 16.6 Å². The zero-order valence-electron chi connectivity index (χ0n) is 40.4. The Morgan fingerprint density at radius 2 is 1.67 bits per heavy atom. The Morgan fingerprint density at radius 1 is 0.940 bits per heavy atom. The molecule has 67 heavy (non-hydrogen) atoms. The summed E-state index contributed by atoms with van der Waals surface area (Å²) >= 11 is 0. The van der Waals surface area contributed by atoms with Gasteiger partial charge >= 0.3 is 5.97 Å². The number of para-hydroxylation sites is 1. The maximum absolute atomic E-state index is 14.0. The van der Waals surface area contributed by atoms with Crippen LogP contribution in [-0.2, 0) is 43.3 Å². The highest BCUT2D eigenvalue weighted by Crippen LogP contribution is 2.35. The molecule has 364 valence electrons. The van der Waals surface area contributed by atoms with E-state index in [4.69, 9.17) is 14.2 Å². The van der Waals surface area contributed by atoms with Crippen molar-refractivity contribution in [1.29, 1.82) is 0 Å². The minimum Gasteiger partial charge on any atom is -0.462 e. The molecule has 0 aliphatic carbocycles. The third kappa shape index (κ3) is 13.5. The van der Waals surface area contributed by atoms with Crippen LogP contribution in [0.15, 0.2) is 90.8 Å². The van der Waals surface area contributed by atoms with Crippen molar-refractivity contribution in [2.24, 2.45) is 23.7 Å². The van der Waals surface area contributed by atoms with E-state index in [0.29, 0.717) is 38.9 Å². The Hall–Kier alpha value is -4.71. The minimum absolute atomic E-state index is 0.109. The Morgan fingerprint density at radius 3 is 2.37 bits per heavy atom. The molecule has 2 aromatic heterocycles. The third-order valence-corrected chi connectivity index (χ3v) is 13.6. The molecule has 0 radical (unpaired) electrons. The summed E-state index contributed by atoms with van der Waals surface area (Å²) in [5, 5.41) is 55.2. The van der Waals surface area contributed by atoms with Crippen LogP contribution in [0.5, 0.6) is 0 Å². The van der Waals surface area contributed by atoms with E-state index in [1.54, 1.807) is 55.9 Å². The predicted octanol–water partition coefficient (Wildman–Crippen LogP) is 5.60. The quantitative estimate of drug-likeness (QED) is 0.114. The van der Waals surface area contributed by atoms with Crippen LogP contribution in [0, 0.1) is 23.7 Å². The largest absolute Gasteiger partial charge is 0.462 e. The number of aliphatic hydroxyl groups excluding tert-OH is 4. The fraction of sp³-hybridized carbons (Fsp3) is 0.558. The number of hydrogen-bond donors (Lipinski definition) is 4. The summed E-state index contributed by atoms with van der Waals surface area (Å²) in [6.07, 6.45) is 3.54. The van der Waals surface area contributed by atoms with E-state index in [2.05, 4.69) is 51.4 Å². The average molecular weight is 925 g/mol. The number of ketones is 1. The van der Waals surface area contributed by atoms with Gasteiger partial charge in [-0.3, -0.25) is 19.5 Å². The van der Waals surface area contributed by atoms with Crippen LogP contribution in [-0.4, -0.2) is 138 Å².